The van der Waals surface area contributed by atoms with E-state index in [1.165, 1.54) is 11.3 Å². The summed E-state index contributed by atoms with van der Waals surface area (Å²) in [6.45, 7) is 0. The number of hydrogen-bond donors (Lipinski definition) is 1. The maximum absolute atomic E-state index is 10.6. The summed E-state index contributed by atoms with van der Waals surface area (Å²) in [6.07, 6.45) is 3.24. The standard InChI is InChI=1S/C13H9N3O2S/c17-12(18)6-9-7-19-13(16-9)8-1-2-10-11(5-8)15-4-3-14-10/h1-5,7H,6H2,(H,17,18). The van der Waals surface area contributed by atoms with Crippen LogP contribution >= 0.6 is 11.3 Å². The second-order valence-corrected chi connectivity index (χ2v) is 4.83. The van der Waals surface area contributed by atoms with E-state index in [-0.39, 0.29) is 6.42 Å². The van der Waals surface area contributed by atoms with E-state index in [4.69, 9.17) is 5.11 Å². The predicted octanol–water partition coefficient (Wildman–Crippen LogP) is 2.38. The Morgan fingerprint density at radius 3 is 2.79 bits per heavy atom. The van der Waals surface area contributed by atoms with Crippen molar-refractivity contribution in [1.82, 2.24) is 15.0 Å². The monoisotopic (exact) mass is 271 g/mol. The third-order valence-electron chi connectivity index (χ3n) is 2.60. The summed E-state index contributed by atoms with van der Waals surface area (Å²) in [5.41, 5.74) is 3.13. The van der Waals surface area contributed by atoms with E-state index in [0.717, 1.165) is 21.6 Å². The van der Waals surface area contributed by atoms with E-state index in [0.29, 0.717) is 5.69 Å². The zero-order valence-corrected chi connectivity index (χ0v) is 10.6. The second kappa shape index (κ2) is 4.74. The molecule has 0 unspecified atom stereocenters. The minimum atomic E-state index is -0.874. The maximum atomic E-state index is 10.6. The summed E-state index contributed by atoms with van der Waals surface area (Å²) in [6, 6.07) is 5.71. The molecule has 0 bridgehead atoms. The number of carbonyl (C=O) groups is 1. The predicted molar refractivity (Wildman–Crippen MR) is 72.0 cm³/mol. The van der Waals surface area contributed by atoms with Crippen LogP contribution in [0.25, 0.3) is 21.6 Å². The molecule has 0 fully saturated rings. The SMILES string of the molecule is O=C(O)Cc1csc(-c2ccc3nccnc3c2)n1. The van der Waals surface area contributed by atoms with Crippen LogP contribution in [-0.4, -0.2) is 26.0 Å². The topological polar surface area (TPSA) is 76.0 Å². The number of carboxylic acid groups (broad SMARTS) is 1. The molecule has 0 spiro atoms. The molecule has 94 valence electrons. The first-order valence-corrected chi connectivity index (χ1v) is 6.48. The van der Waals surface area contributed by atoms with E-state index < -0.39 is 5.97 Å². The van der Waals surface area contributed by atoms with Crippen molar-refractivity contribution >= 4 is 28.3 Å². The zero-order chi connectivity index (χ0) is 13.2. The number of benzene rings is 1. The van der Waals surface area contributed by atoms with Gasteiger partial charge in [-0.15, -0.1) is 11.3 Å². The molecule has 6 heteroatoms. The number of aliphatic carboxylic acids is 1. The van der Waals surface area contributed by atoms with Crippen LogP contribution < -0.4 is 0 Å². The fraction of sp³-hybridized carbons (Fsp3) is 0.0769. The van der Waals surface area contributed by atoms with Gasteiger partial charge in [0.1, 0.15) is 5.01 Å². The number of thiazole rings is 1. The fourth-order valence-corrected chi connectivity index (χ4v) is 2.59. The highest BCUT2D eigenvalue weighted by molar-refractivity contribution is 7.13. The smallest absolute Gasteiger partial charge is 0.309 e. The lowest BCUT2D eigenvalue weighted by Gasteiger charge is -1.99. The first-order chi connectivity index (χ1) is 9.22. The van der Waals surface area contributed by atoms with Crippen LogP contribution in [0.4, 0.5) is 0 Å². The van der Waals surface area contributed by atoms with Crippen LogP contribution in [0.15, 0.2) is 36.0 Å². The van der Waals surface area contributed by atoms with Gasteiger partial charge in [-0.2, -0.15) is 0 Å². The number of aromatic nitrogens is 3. The van der Waals surface area contributed by atoms with Crippen molar-refractivity contribution in [3.05, 3.63) is 41.7 Å². The van der Waals surface area contributed by atoms with E-state index >= 15 is 0 Å². The summed E-state index contributed by atoms with van der Waals surface area (Å²) in [7, 11) is 0. The summed E-state index contributed by atoms with van der Waals surface area (Å²) in [5, 5.41) is 11.3. The average molecular weight is 271 g/mol. The van der Waals surface area contributed by atoms with Gasteiger partial charge in [0.2, 0.25) is 0 Å². The van der Waals surface area contributed by atoms with Gasteiger partial charge in [-0.25, -0.2) is 4.98 Å². The molecule has 0 aliphatic carbocycles. The Bertz CT molecular complexity index is 754. The van der Waals surface area contributed by atoms with Crippen LogP contribution in [-0.2, 0) is 11.2 Å². The molecule has 0 saturated heterocycles. The van der Waals surface area contributed by atoms with Gasteiger partial charge < -0.3 is 5.11 Å². The first-order valence-electron chi connectivity index (χ1n) is 5.60. The molecule has 0 amide bonds. The highest BCUT2D eigenvalue weighted by Crippen LogP contribution is 2.26. The van der Waals surface area contributed by atoms with Crippen LogP contribution in [0, 0.1) is 0 Å². The number of carboxylic acids is 1. The molecule has 2 aromatic heterocycles. The molecule has 1 aromatic carbocycles. The van der Waals surface area contributed by atoms with Crippen molar-refractivity contribution in [2.75, 3.05) is 0 Å². The normalized spacial score (nSPS) is 10.7. The number of rotatable bonds is 3. The highest BCUT2D eigenvalue weighted by Gasteiger charge is 2.08. The van der Waals surface area contributed by atoms with Crippen LogP contribution in [0.2, 0.25) is 0 Å². The summed E-state index contributed by atoms with van der Waals surface area (Å²) in [4.78, 5) is 23.4. The van der Waals surface area contributed by atoms with Gasteiger partial charge in [0.05, 0.1) is 23.1 Å². The number of hydrogen-bond acceptors (Lipinski definition) is 5. The van der Waals surface area contributed by atoms with Gasteiger partial charge in [-0.3, -0.25) is 14.8 Å². The molecule has 5 nitrogen and oxygen atoms in total. The van der Waals surface area contributed by atoms with Crippen molar-refractivity contribution in [2.24, 2.45) is 0 Å². The van der Waals surface area contributed by atoms with Crippen molar-refractivity contribution in [1.29, 1.82) is 0 Å². The van der Waals surface area contributed by atoms with E-state index in [1.807, 2.05) is 18.2 Å². The lowest BCUT2D eigenvalue weighted by atomic mass is 10.2. The molecular formula is C13H9N3O2S. The van der Waals surface area contributed by atoms with Crippen molar-refractivity contribution < 1.29 is 9.90 Å². The Kier molecular flexibility index (Phi) is 2.92. The van der Waals surface area contributed by atoms with Gasteiger partial charge in [0.15, 0.2) is 0 Å². The molecule has 2 heterocycles. The van der Waals surface area contributed by atoms with Gasteiger partial charge in [0.25, 0.3) is 0 Å². The quantitative estimate of drug-likeness (QED) is 0.791. The molecule has 3 aromatic rings. The Labute approximate surface area is 112 Å². The minimum Gasteiger partial charge on any atom is -0.481 e. The largest absolute Gasteiger partial charge is 0.481 e. The Morgan fingerprint density at radius 1 is 1.21 bits per heavy atom. The number of nitrogens with zero attached hydrogens (tertiary/aromatic N) is 3. The third-order valence-corrected chi connectivity index (χ3v) is 3.54. The molecule has 3 rings (SSSR count). The molecule has 19 heavy (non-hydrogen) atoms. The molecule has 0 saturated carbocycles. The lowest BCUT2D eigenvalue weighted by Crippen LogP contribution is -1.99. The van der Waals surface area contributed by atoms with Gasteiger partial charge in [-0.05, 0) is 18.2 Å². The van der Waals surface area contributed by atoms with Crippen LogP contribution in [0.5, 0.6) is 0 Å². The molecule has 0 aliphatic rings. The maximum Gasteiger partial charge on any atom is 0.309 e. The Hall–Kier alpha value is -2.34. The van der Waals surface area contributed by atoms with Crippen LogP contribution in [0.1, 0.15) is 5.69 Å². The average Bonchev–Trinajstić information content (AvgIpc) is 2.86. The van der Waals surface area contributed by atoms with Crippen molar-refractivity contribution in [3.8, 4) is 10.6 Å². The van der Waals surface area contributed by atoms with Crippen molar-refractivity contribution in [2.45, 2.75) is 6.42 Å². The molecule has 0 aliphatic heterocycles. The Balaban J connectivity index is 1.99. The summed E-state index contributed by atoms with van der Waals surface area (Å²) in [5.74, 6) is -0.874. The molecule has 0 atom stereocenters. The van der Waals surface area contributed by atoms with Gasteiger partial charge in [0, 0.05) is 23.3 Å². The van der Waals surface area contributed by atoms with E-state index in [9.17, 15) is 4.79 Å². The zero-order valence-electron chi connectivity index (χ0n) is 9.78. The molecule has 0 radical (unpaired) electrons. The minimum absolute atomic E-state index is 0.0517. The van der Waals surface area contributed by atoms with Crippen molar-refractivity contribution in [3.63, 3.8) is 0 Å². The first kappa shape index (κ1) is 11.7. The fourth-order valence-electron chi connectivity index (χ4n) is 1.77. The number of fused-ring (bicyclic) bond motifs is 1. The lowest BCUT2D eigenvalue weighted by molar-refractivity contribution is -0.136. The second-order valence-electron chi connectivity index (χ2n) is 3.97. The van der Waals surface area contributed by atoms with Gasteiger partial charge >= 0.3 is 5.97 Å². The molecule has 1 N–H and O–H groups in total. The third kappa shape index (κ3) is 2.43. The summed E-state index contributed by atoms with van der Waals surface area (Å²) >= 11 is 1.43. The van der Waals surface area contributed by atoms with Gasteiger partial charge in [-0.1, -0.05) is 0 Å². The van der Waals surface area contributed by atoms with Crippen LogP contribution in [0.3, 0.4) is 0 Å². The van der Waals surface area contributed by atoms with E-state index in [1.54, 1.807) is 17.8 Å². The highest BCUT2D eigenvalue weighted by atomic mass is 32.1. The summed E-state index contributed by atoms with van der Waals surface area (Å²) < 4.78 is 0. The molecular weight excluding hydrogens is 262 g/mol. The van der Waals surface area contributed by atoms with E-state index in [2.05, 4.69) is 15.0 Å². The Morgan fingerprint density at radius 2 is 2.00 bits per heavy atom.